The molecule has 0 aromatic heterocycles. The second kappa shape index (κ2) is 4.62. The first-order chi connectivity index (χ1) is 4.18. The molecule has 0 aromatic rings. The Labute approximate surface area is 62.3 Å². The fourth-order valence-corrected chi connectivity index (χ4v) is 0.389. The minimum absolute atomic E-state index is 0.713. The van der Waals surface area contributed by atoms with Crippen LogP contribution < -0.4 is 0 Å². The summed E-state index contributed by atoms with van der Waals surface area (Å²) in [5, 5.41) is 0. The molecule has 0 aliphatic rings. The van der Waals surface area contributed by atoms with Crippen molar-refractivity contribution in [2.75, 3.05) is 5.75 Å². The molecule has 0 atom stereocenters. The van der Waals surface area contributed by atoms with E-state index in [1.165, 1.54) is 5.57 Å². The summed E-state index contributed by atoms with van der Waals surface area (Å²) >= 11 is 3.99. The number of nitrogens with zero attached hydrogens (tertiary/aromatic N) is 1. The maximum Gasteiger partial charge on any atom is 0.0355 e. The SMILES string of the molecule is CC(C)=C(C)N=CCS. The summed E-state index contributed by atoms with van der Waals surface area (Å²) in [7, 11) is 0. The van der Waals surface area contributed by atoms with Gasteiger partial charge in [-0.2, -0.15) is 12.6 Å². The van der Waals surface area contributed by atoms with E-state index in [0.717, 1.165) is 5.70 Å². The lowest BCUT2D eigenvalue weighted by molar-refractivity contribution is 1.19. The zero-order valence-electron chi connectivity index (χ0n) is 6.18. The van der Waals surface area contributed by atoms with Crippen molar-refractivity contribution in [3.05, 3.63) is 11.3 Å². The molecule has 0 heterocycles. The Balaban J connectivity index is 3.91. The van der Waals surface area contributed by atoms with Crippen LogP contribution in [0.5, 0.6) is 0 Å². The van der Waals surface area contributed by atoms with Crippen LogP contribution in [0.25, 0.3) is 0 Å². The third-order valence-electron chi connectivity index (χ3n) is 1.09. The van der Waals surface area contributed by atoms with Gasteiger partial charge in [-0.3, -0.25) is 4.99 Å². The Hall–Kier alpha value is -0.240. The lowest BCUT2D eigenvalue weighted by Crippen LogP contribution is -1.78. The lowest BCUT2D eigenvalue weighted by atomic mass is 10.3. The quantitative estimate of drug-likeness (QED) is 0.450. The first-order valence-electron chi connectivity index (χ1n) is 2.96. The van der Waals surface area contributed by atoms with Gasteiger partial charge in [0.05, 0.1) is 0 Å². The standard InChI is InChI=1S/C7H13NS/c1-6(2)7(3)8-4-5-9/h4,9H,5H2,1-3H3. The number of aliphatic imine (C=N–C) groups is 1. The maximum atomic E-state index is 4.12. The van der Waals surface area contributed by atoms with Gasteiger partial charge in [-0.25, -0.2) is 0 Å². The fourth-order valence-electron chi connectivity index (χ4n) is 0.307. The zero-order chi connectivity index (χ0) is 7.28. The second-order valence-electron chi connectivity index (χ2n) is 2.08. The van der Waals surface area contributed by atoms with Gasteiger partial charge in [-0.05, 0) is 20.8 Å². The van der Waals surface area contributed by atoms with E-state index in [9.17, 15) is 0 Å². The van der Waals surface area contributed by atoms with Gasteiger partial charge in [0.1, 0.15) is 0 Å². The Morgan fingerprint density at radius 2 is 2.00 bits per heavy atom. The molecule has 0 spiro atoms. The molecule has 0 saturated carbocycles. The molecular formula is C7H13NS. The average Bonchev–Trinajstić information content (AvgIpc) is 1.82. The number of hydrogen-bond donors (Lipinski definition) is 1. The van der Waals surface area contributed by atoms with E-state index in [4.69, 9.17) is 0 Å². The second-order valence-corrected chi connectivity index (χ2v) is 2.44. The third-order valence-corrected chi connectivity index (χ3v) is 1.25. The number of thiol groups is 1. The van der Waals surface area contributed by atoms with E-state index in [1.54, 1.807) is 6.21 Å². The van der Waals surface area contributed by atoms with Crippen LogP contribution in [0.3, 0.4) is 0 Å². The van der Waals surface area contributed by atoms with Gasteiger partial charge in [-0.1, -0.05) is 5.57 Å². The minimum atomic E-state index is 0.713. The molecule has 0 rings (SSSR count). The molecule has 0 aromatic carbocycles. The molecule has 0 amide bonds. The summed E-state index contributed by atoms with van der Waals surface area (Å²) in [4.78, 5) is 4.12. The smallest absolute Gasteiger partial charge is 0.0355 e. The van der Waals surface area contributed by atoms with Crippen molar-refractivity contribution >= 4 is 18.8 Å². The highest BCUT2D eigenvalue weighted by molar-refractivity contribution is 7.80. The predicted octanol–water partition coefficient (Wildman–Crippen LogP) is 2.30. The highest BCUT2D eigenvalue weighted by Gasteiger charge is 1.83. The summed E-state index contributed by atoms with van der Waals surface area (Å²) in [6.07, 6.45) is 1.80. The lowest BCUT2D eigenvalue weighted by Gasteiger charge is -1.92. The van der Waals surface area contributed by atoms with Crippen molar-refractivity contribution in [3.63, 3.8) is 0 Å². The summed E-state index contributed by atoms with van der Waals surface area (Å²) in [6, 6.07) is 0. The van der Waals surface area contributed by atoms with Crippen molar-refractivity contribution in [1.82, 2.24) is 0 Å². The van der Waals surface area contributed by atoms with E-state index in [2.05, 4.69) is 17.6 Å². The molecule has 0 fully saturated rings. The highest BCUT2D eigenvalue weighted by Crippen LogP contribution is 2.01. The maximum absolute atomic E-state index is 4.12. The summed E-state index contributed by atoms with van der Waals surface area (Å²) in [5.41, 5.74) is 2.34. The molecule has 0 aliphatic carbocycles. The van der Waals surface area contributed by atoms with Gasteiger partial charge >= 0.3 is 0 Å². The third kappa shape index (κ3) is 4.28. The highest BCUT2D eigenvalue weighted by atomic mass is 32.1. The van der Waals surface area contributed by atoms with Crippen molar-refractivity contribution in [3.8, 4) is 0 Å². The van der Waals surface area contributed by atoms with E-state index in [1.807, 2.05) is 20.8 Å². The van der Waals surface area contributed by atoms with E-state index < -0.39 is 0 Å². The van der Waals surface area contributed by atoms with Crippen LogP contribution in [-0.2, 0) is 0 Å². The van der Waals surface area contributed by atoms with Gasteiger partial charge in [0, 0.05) is 17.7 Å². The normalized spacial score (nSPS) is 10.2. The van der Waals surface area contributed by atoms with Crippen LogP contribution >= 0.6 is 12.6 Å². The molecule has 52 valence electrons. The van der Waals surface area contributed by atoms with Crippen LogP contribution in [0.2, 0.25) is 0 Å². The first kappa shape index (κ1) is 8.76. The molecule has 0 saturated heterocycles. The van der Waals surface area contributed by atoms with Gasteiger partial charge in [0.15, 0.2) is 0 Å². The first-order valence-corrected chi connectivity index (χ1v) is 3.59. The van der Waals surface area contributed by atoms with E-state index in [-0.39, 0.29) is 0 Å². The summed E-state index contributed by atoms with van der Waals surface area (Å²) in [5.74, 6) is 0.713. The average molecular weight is 143 g/mol. The Morgan fingerprint density at radius 3 is 2.33 bits per heavy atom. The van der Waals surface area contributed by atoms with Crippen LogP contribution in [-0.4, -0.2) is 12.0 Å². The van der Waals surface area contributed by atoms with Gasteiger partial charge in [0.2, 0.25) is 0 Å². The molecule has 0 N–H and O–H groups in total. The van der Waals surface area contributed by atoms with Crippen LogP contribution in [0.15, 0.2) is 16.3 Å². The molecule has 2 heteroatoms. The van der Waals surface area contributed by atoms with E-state index in [0.29, 0.717) is 5.75 Å². The van der Waals surface area contributed by atoms with Gasteiger partial charge < -0.3 is 0 Å². The molecule has 0 radical (unpaired) electrons. The summed E-state index contributed by atoms with van der Waals surface area (Å²) < 4.78 is 0. The minimum Gasteiger partial charge on any atom is -0.265 e. The number of hydrogen-bond acceptors (Lipinski definition) is 2. The van der Waals surface area contributed by atoms with Gasteiger partial charge in [0.25, 0.3) is 0 Å². The fraction of sp³-hybridized carbons (Fsp3) is 0.571. The largest absolute Gasteiger partial charge is 0.265 e. The Bertz CT molecular complexity index is 132. The van der Waals surface area contributed by atoms with Crippen LogP contribution in [0, 0.1) is 0 Å². The van der Waals surface area contributed by atoms with Crippen LogP contribution in [0.1, 0.15) is 20.8 Å². The van der Waals surface area contributed by atoms with Crippen LogP contribution in [0.4, 0.5) is 0 Å². The van der Waals surface area contributed by atoms with Gasteiger partial charge in [-0.15, -0.1) is 0 Å². The Morgan fingerprint density at radius 1 is 1.44 bits per heavy atom. The molecule has 0 unspecified atom stereocenters. The topological polar surface area (TPSA) is 12.4 Å². The summed E-state index contributed by atoms with van der Waals surface area (Å²) in [6.45, 7) is 6.09. The molecule has 0 bridgehead atoms. The zero-order valence-corrected chi connectivity index (χ0v) is 7.07. The predicted molar refractivity (Wildman–Crippen MR) is 46.4 cm³/mol. The van der Waals surface area contributed by atoms with Crippen molar-refractivity contribution in [2.45, 2.75) is 20.8 Å². The van der Waals surface area contributed by atoms with Crippen molar-refractivity contribution < 1.29 is 0 Å². The monoisotopic (exact) mass is 143 g/mol. The molecule has 9 heavy (non-hydrogen) atoms. The molecule has 0 aliphatic heterocycles. The number of rotatable bonds is 2. The molecule has 1 nitrogen and oxygen atoms in total. The molecular weight excluding hydrogens is 130 g/mol. The van der Waals surface area contributed by atoms with E-state index >= 15 is 0 Å². The van der Waals surface area contributed by atoms with Crippen molar-refractivity contribution in [1.29, 1.82) is 0 Å². The van der Waals surface area contributed by atoms with Crippen molar-refractivity contribution in [2.24, 2.45) is 4.99 Å². The number of allylic oxidation sites excluding steroid dienone is 2. The Kier molecular flexibility index (Phi) is 4.50.